The van der Waals surface area contributed by atoms with Gasteiger partial charge in [-0.15, -0.1) is 0 Å². The highest BCUT2D eigenvalue weighted by molar-refractivity contribution is 9.10. The lowest BCUT2D eigenvalue weighted by atomic mass is 10.1. The van der Waals surface area contributed by atoms with Crippen LogP contribution in [0, 0.1) is 6.92 Å². The van der Waals surface area contributed by atoms with Crippen molar-refractivity contribution in [1.29, 1.82) is 0 Å². The fourth-order valence-electron chi connectivity index (χ4n) is 1.66. The van der Waals surface area contributed by atoms with Crippen molar-refractivity contribution in [1.82, 2.24) is 0 Å². The predicted octanol–water partition coefficient (Wildman–Crippen LogP) is 4.25. The second kappa shape index (κ2) is 5.63. The van der Waals surface area contributed by atoms with Crippen molar-refractivity contribution in [2.45, 2.75) is 6.92 Å². The van der Waals surface area contributed by atoms with E-state index in [9.17, 15) is 4.79 Å². The van der Waals surface area contributed by atoms with Gasteiger partial charge < -0.3 is 11.1 Å². The van der Waals surface area contributed by atoms with Gasteiger partial charge >= 0.3 is 0 Å². The summed E-state index contributed by atoms with van der Waals surface area (Å²) in [6, 6.07) is 10.6. The van der Waals surface area contributed by atoms with E-state index in [1.807, 2.05) is 19.1 Å². The van der Waals surface area contributed by atoms with Gasteiger partial charge in [-0.05, 0) is 42.8 Å². The van der Waals surface area contributed by atoms with Gasteiger partial charge in [-0.1, -0.05) is 33.6 Å². The number of carbonyl (C=O) groups is 1. The molecule has 0 aliphatic rings. The predicted molar refractivity (Wildman–Crippen MR) is 82.7 cm³/mol. The lowest BCUT2D eigenvalue weighted by Crippen LogP contribution is -2.14. The SMILES string of the molecule is Cc1ccc(Cl)c(NC(=O)c2ccc(Br)cc2N)c1. The Bertz CT molecular complexity index is 643. The molecule has 0 aromatic heterocycles. The maximum atomic E-state index is 12.1. The minimum absolute atomic E-state index is 0.280. The molecular weight excluding hydrogens is 328 g/mol. The molecule has 0 unspecified atom stereocenters. The van der Waals surface area contributed by atoms with Crippen LogP contribution in [0.5, 0.6) is 0 Å². The largest absolute Gasteiger partial charge is 0.398 e. The van der Waals surface area contributed by atoms with Crippen molar-refractivity contribution < 1.29 is 4.79 Å². The van der Waals surface area contributed by atoms with Crippen molar-refractivity contribution in [2.24, 2.45) is 0 Å². The third kappa shape index (κ3) is 3.28. The number of hydrogen-bond donors (Lipinski definition) is 2. The Morgan fingerprint density at radius 3 is 2.68 bits per heavy atom. The van der Waals surface area contributed by atoms with Crippen molar-refractivity contribution in [3.8, 4) is 0 Å². The number of nitrogen functional groups attached to an aromatic ring is 1. The van der Waals surface area contributed by atoms with Crippen LogP contribution in [-0.2, 0) is 0 Å². The Labute approximate surface area is 124 Å². The lowest BCUT2D eigenvalue weighted by Gasteiger charge is -2.10. The average Bonchev–Trinajstić information content (AvgIpc) is 2.33. The number of rotatable bonds is 2. The van der Waals surface area contributed by atoms with Gasteiger partial charge in [0.15, 0.2) is 0 Å². The third-order valence-corrected chi connectivity index (χ3v) is 3.45. The van der Waals surface area contributed by atoms with Crippen molar-refractivity contribution >= 4 is 44.8 Å². The summed E-state index contributed by atoms with van der Waals surface area (Å²) in [6.07, 6.45) is 0. The Hall–Kier alpha value is -1.52. The van der Waals surface area contributed by atoms with Gasteiger partial charge in [0.2, 0.25) is 0 Å². The first-order valence-electron chi connectivity index (χ1n) is 5.60. The van der Waals surface area contributed by atoms with Gasteiger partial charge in [0.05, 0.1) is 16.3 Å². The summed E-state index contributed by atoms with van der Waals surface area (Å²) in [5.74, 6) is -0.280. The molecule has 2 rings (SSSR count). The first-order chi connectivity index (χ1) is 8.97. The molecule has 19 heavy (non-hydrogen) atoms. The zero-order valence-electron chi connectivity index (χ0n) is 10.2. The van der Waals surface area contributed by atoms with Crippen LogP contribution in [0.1, 0.15) is 15.9 Å². The van der Waals surface area contributed by atoms with Crippen LogP contribution in [0.15, 0.2) is 40.9 Å². The van der Waals surface area contributed by atoms with E-state index in [0.717, 1.165) is 10.0 Å². The number of hydrogen-bond acceptors (Lipinski definition) is 2. The molecule has 2 aromatic carbocycles. The van der Waals surface area contributed by atoms with Crippen LogP contribution in [0.25, 0.3) is 0 Å². The zero-order chi connectivity index (χ0) is 14.0. The molecule has 1 amide bonds. The molecule has 0 aliphatic heterocycles. The van der Waals surface area contributed by atoms with Gasteiger partial charge in [0, 0.05) is 10.2 Å². The normalized spacial score (nSPS) is 10.3. The fourth-order valence-corrected chi connectivity index (χ4v) is 2.21. The highest BCUT2D eigenvalue weighted by Crippen LogP contribution is 2.25. The number of benzene rings is 2. The average molecular weight is 340 g/mol. The standard InChI is InChI=1S/C14H12BrClN2O/c1-8-2-5-11(16)13(6-8)18-14(19)10-4-3-9(15)7-12(10)17/h2-7H,17H2,1H3,(H,18,19). The molecule has 0 spiro atoms. The number of nitrogens with two attached hydrogens (primary N) is 1. The van der Waals surface area contributed by atoms with Crippen LogP contribution < -0.4 is 11.1 Å². The minimum Gasteiger partial charge on any atom is -0.398 e. The number of carbonyl (C=O) groups excluding carboxylic acids is 1. The zero-order valence-corrected chi connectivity index (χ0v) is 12.5. The van der Waals surface area contributed by atoms with Crippen molar-refractivity contribution in [3.05, 3.63) is 57.0 Å². The van der Waals surface area contributed by atoms with Gasteiger partial charge in [0.25, 0.3) is 5.91 Å². The van der Waals surface area contributed by atoms with Gasteiger partial charge in [-0.3, -0.25) is 4.79 Å². The molecule has 98 valence electrons. The molecule has 0 bridgehead atoms. The maximum Gasteiger partial charge on any atom is 0.257 e. The molecule has 0 radical (unpaired) electrons. The molecule has 2 aromatic rings. The summed E-state index contributed by atoms with van der Waals surface area (Å²) in [5, 5.41) is 3.26. The van der Waals surface area contributed by atoms with E-state index in [1.165, 1.54) is 0 Å². The highest BCUT2D eigenvalue weighted by atomic mass is 79.9. The number of anilines is 2. The van der Waals surface area contributed by atoms with E-state index in [2.05, 4.69) is 21.2 Å². The molecule has 3 N–H and O–H groups in total. The Balaban J connectivity index is 2.28. The summed E-state index contributed by atoms with van der Waals surface area (Å²) in [5.41, 5.74) is 8.24. The van der Waals surface area contributed by atoms with Gasteiger partial charge in [0.1, 0.15) is 0 Å². The van der Waals surface area contributed by atoms with E-state index < -0.39 is 0 Å². The monoisotopic (exact) mass is 338 g/mol. The van der Waals surface area contributed by atoms with Crippen LogP contribution in [0.3, 0.4) is 0 Å². The lowest BCUT2D eigenvalue weighted by molar-refractivity contribution is 0.102. The summed E-state index contributed by atoms with van der Waals surface area (Å²) in [6.45, 7) is 1.93. The number of aryl methyl sites for hydroxylation is 1. The second-order valence-corrected chi connectivity index (χ2v) is 5.49. The first kappa shape index (κ1) is 13.9. The molecule has 0 atom stereocenters. The van der Waals surface area contributed by atoms with E-state index in [-0.39, 0.29) is 5.91 Å². The molecular formula is C14H12BrClN2O. The number of halogens is 2. The summed E-state index contributed by atoms with van der Waals surface area (Å²) >= 11 is 9.34. The van der Waals surface area contributed by atoms with Crippen LogP contribution >= 0.6 is 27.5 Å². The molecule has 3 nitrogen and oxygen atoms in total. The number of nitrogens with one attached hydrogen (secondary N) is 1. The smallest absolute Gasteiger partial charge is 0.257 e. The highest BCUT2D eigenvalue weighted by Gasteiger charge is 2.11. The Kier molecular flexibility index (Phi) is 4.12. The molecule has 0 saturated carbocycles. The van der Waals surface area contributed by atoms with Crippen LogP contribution in [0.2, 0.25) is 5.02 Å². The summed E-state index contributed by atoms with van der Waals surface area (Å²) in [4.78, 5) is 12.1. The van der Waals surface area contributed by atoms with E-state index in [0.29, 0.717) is 22.0 Å². The molecule has 5 heteroatoms. The summed E-state index contributed by atoms with van der Waals surface area (Å²) in [7, 11) is 0. The van der Waals surface area contributed by atoms with Crippen LogP contribution in [-0.4, -0.2) is 5.91 Å². The molecule has 0 heterocycles. The minimum atomic E-state index is -0.280. The Morgan fingerprint density at radius 1 is 1.26 bits per heavy atom. The number of amides is 1. The van der Waals surface area contributed by atoms with Gasteiger partial charge in [-0.25, -0.2) is 0 Å². The van der Waals surface area contributed by atoms with Crippen LogP contribution in [0.4, 0.5) is 11.4 Å². The second-order valence-electron chi connectivity index (χ2n) is 4.17. The van der Waals surface area contributed by atoms with Crippen molar-refractivity contribution in [3.63, 3.8) is 0 Å². The van der Waals surface area contributed by atoms with E-state index in [4.69, 9.17) is 17.3 Å². The topological polar surface area (TPSA) is 55.1 Å². The third-order valence-electron chi connectivity index (χ3n) is 2.63. The molecule has 0 fully saturated rings. The fraction of sp³-hybridized carbons (Fsp3) is 0.0714. The van der Waals surface area contributed by atoms with Crippen molar-refractivity contribution in [2.75, 3.05) is 11.1 Å². The Morgan fingerprint density at radius 2 is 2.00 bits per heavy atom. The first-order valence-corrected chi connectivity index (χ1v) is 6.77. The summed E-state index contributed by atoms with van der Waals surface area (Å²) < 4.78 is 0.829. The van der Waals surface area contributed by atoms with E-state index in [1.54, 1.807) is 24.3 Å². The quantitative estimate of drug-likeness (QED) is 0.804. The molecule has 0 aliphatic carbocycles. The maximum absolute atomic E-state index is 12.1. The van der Waals surface area contributed by atoms with Gasteiger partial charge in [-0.2, -0.15) is 0 Å². The molecule has 0 saturated heterocycles. The van der Waals surface area contributed by atoms with E-state index >= 15 is 0 Å².